The first-order valence-electron chi connectivity index (χ1n) is 2.82. The predicted octanol–water partition coefficient (Wildman–Crippen LogP) is 1.30. The fraction of sp³-hybridized carbons (Fsp3) is 0.833. The Morgan fingerprint density at radius 3 is 2.33 bits per heavy atom. The molecule has 0 rings (SSSR count). The average molecular weight is 134 g/mol. The van der Waals surface area contributed by atoms with Gasteiger partial charge in [0.2, 0.25) is 5.67 Å². The zero-order valence-electron chi connectivity index (χ0n) is 5.90. The molecule has 0 fully saturated rings. The molecular weight excluding hydrogens is 123 g/mol. The Kier molecular flexibility index (Phi) is 2.62. The van der Waals surface area contributed by atoms with Gasteiger partial charge in [0, 0.05) is 0 Å². The molecule has 0 aliphatic carbocycles. The first-order chi connectivity index (χ1) is 4.04. The summed E-state index contributed by atoms with van der Waals surface area (Å²) in [6, 6.07) is 0. The van der Waals surface area contributed by atoms with Crippen LogP contribution in [0.15, 0.2) is 0 Å². The number of ether oxygens (including phenoxy) is 1. The third-order valence-corrected chi connectivity index (χ3v) is 1.27. The Labute approximate surface area is 54.0 Å². The van der Waals surface area contributed by atoms with Crippen LogP contribution in [-0.2, 0) is 9.53 Å². The van der Waals surface area contributed by atoms with Crippen molar-refractivity contribution < 1.29 is 13.9 Å². The van der Waals surface area contributed by atoms with Gasteiger partial charge in [-0.3, -0.25) is 0 Å². The number of hydrogen-bond acceptors (Lipinski definition) is 2. The van der Waals surface area contributed by atoms with Gasteiger partial charge in [0.1, 0.15) is 0 Å². The van der Waals surface area contributed by atoms with Crippen LogP contribution in [0.3, 0.4) is 0 Å². The third kappa shape index (κ3) is 2.00. The Morgan fingerprint density at radius 2 is 2.22 bits per heavy atom. The zero-order chi connectivity index (χ0) is 7.49. The fourth-order valence-electron chi connectivity index (χ4n) is 0.357. The number of rotatable bonds is 2. The number of carbonyl (C=O) groups excluding carboxylic acids is 1. The van der Waals surface area contributed by atoms with Gasteiger partial charge < -0.3 is 4.74 Å². The summed E-state index contributed by atoms with van der Waals surface area (Å²) in [4.78, 5) is 10.5. The molecule has 0 aromatic heterocycles. The van der Waals surface area contributed by atoms with Crippen LogP contribution in [0.4, 0.5) is 4.39 Å². The molecule has 0 aromatic carbocycles. The van der Waals surface area contributed by atoms with E-state index in [2.05, 4.69) is 4.74 Å². The van der Waals surface area contributed by atoms with Gasteiger partial charge in [-0.25, -0.2) is 9.18 Å². The van der Waals surface area contributed by atoms with Crippen molar-refractivity contribution in [3.63, 3.8) is 0 Å². The van der Waals surface area contributed by atoms with Gasteiger partial charge in [-0.1, -0.05) is 6.92 Å². The topological polar surface area (TPSA) is 26.3 Å². The highest BCUT2D eigenvalue weighted by molar-refractivity contribution is 5.78. The molecule has 0 radical (unpaired) electrons. The molecule has 9 heavy (non-hydrogen) atoms. The summed E-state index contributed by atoms with van der Waals surface area (Å²) in [7, 11) is 1.18. The number of halogens is 1. The minimum Gasteiger partial charge on any atom is -0.467 e. The fourth-order valence-corrected chi connectivity index (χ4v) is 0.357. The van der Waals surface area contributed by atoms with Gasteiger partial charge in [0.15, 0.2) is 0 Å². The molecule has 54 valence electrons. The second-order valence-electron chi connectivity index (χ2n) is 2.04. The van der Waals surface area contributed by atoms with Crippen molar-refractivity contribution in [3.8, 4) is 0 Å². The number of hydrogen-bond donors (Lipinski definition) is 0. The van der Waals surface area contributed by atoms with Gasteiger partial charge in [-0.15, -0.1) is 0 Å². The lowest BCUT2D eigenvalue weighted by Gasteiger charge is -2.13. The first-order valence-corrected chi connectivity index (χ1v) is 2.82. The summed E-state index contributed by atoms with van der Waals surface area (Å²) in [5, 5.41) is 0. The Balaban J connectivity index is 3.97. The van der Waals surface area contributed by atoms with Crippen LogP contribution in [-0.4, -0.2) is 18.7 Å². The summed E-state index contributed by atoms with van der Waals surface area (Å²) in [5.74, 6) is -0.801. The molecule has 0 amide bonds. The number of carbonyl (C=O) groups is 1. The Morgan fingerprint density at radius 1 is 1.78 bits per heavy atom. The third-order valence-electron chi connectivity index (χ3n) is 1.27. The SMILES string of the molecule is CCC(C)(F)C(=O)OC. The number of esters is 1. The van der Waals surface area contributed by atoms with Crippen LogP contribution in [0.2, 0.25) is 0 Å². The molecule has 0 aliphatic heterocycles. The van der Waals surface area contributed by atoms with E-state index >= 15 is 0 Å². The molecular formula is C6H11FO2. The number of methoxy groups -OCH3 is 1. The van der Waals surface area contributed by atoms with E-state index in [0.29, 0.717) is 0 Å². The van der Waals surface area contributed by atoms with Gasteiger partial charge in [-0.05, 0) is 13.3 Å². The van der Waals surface area contributed by atoms with E-state index < -0.39 is 11.6 Å². The van der Waals surface area contributed by atoms with Gasteiger partial charge in [0.05, 0.1) is 7.11 Å². The second kappa shape index (κ2) is 2.80. The normalized spacial score (nSPS) is 16.4. The number of alkyl halides is 1. The van der Waals surface area contributed by atoms with Crippen LogP contribution in [0, 0.1) is 0 Å². The maximum Gasteiger partial charge on any atom is 0.343 e. The van der Waals surface area contributed by atoms with Crippen LogP contribution in [0.25, 0.3) is 0 Å². The molecule has 0 spiro atoms. The minimum atomic E-state index is -1.81. The summed E-state index contributed by atoms with van der Waals surface area (Å²) < 4.78 is 16.9. The standard InChI is InChI=1S/C6H11FO2/c1-4-6(2,7)5(8)9-3/h4H2,1-3H3. The van der Waals surface area contributed by atoms with Gasteiger partial charge in [-0.2, -0.15) is 0 Å². The van der Waals surface area contributed by atoms with E-state index in [1.54, 1.807) is 6.92 Å². The monoisotopic (exact) mass is 134 g/mol. The van der Waals surface area contributed by atoms with E-state index in [9.17, 15) is 9.18 Å². The summed E-state index contributed by atoms with van der Waals surface area (Å²) in [6.45, 7) is 2.80. The molecule has 0 saturated heterocycles. The molecule has 0 aromatic rings. The van der Waals surface area contributed by atoms with Crippen LogP contribution in [0.1, 0.15) is 20.3 Å². The van der Waals surface area contributed by atoms with Crippen molar-refractivity contribution in [2.75, 3.05) is 7.11 Å². The largest absolute Gasteiger partial charge is 0.467 e. The second-order valence-corrected chi connectivity index (χ2v) is 2.04. The van der Waals surface area contributed by atoms with Gasteiger partial charge >= 0.3 is 5.97 Å². The average Bonchev–Trinajstić information content (AvgIpc) is 1.86. The molecule has 0 heterocycles. The maximum atomic E-state index is 12.7. The molecule has 0 saturated carbocycles. The molecule has 0 bridgehead atoms. The highest BCUT2D eigenvalue weighted by Gasteiger charge is 2.31. The summed E-state index contributed by atoms with van der Waals surface area (Å²) in [6.07, 6.45) is 0.152. The minimum absolute atomic E-state index is 0.152. The van der Waals surface area contributed by atoms with E-state index in [1.165, 1.54) is 14.0 Å². The lowest BCUT2D eigenvalue weighted by molar-refractivity contribution is -0.153. The zero-order valence-corrected chi connectivity index (χ0v) is 5.90. The molecule has 1 unspecified atom stereocenters. The smallest absolute Gasteiger partial charge is 0.343 e. The molecule has 0 aliphatic rings. The van der Waals surface area contributed by atoms with E-state index in [-0.39, 0.29) is 6.42 Å². The highest BCUT2D eigenvalue weighted by atomic mass is 19.1. The van der Waals surface area contributed by atoms with Crippen molar-refractivity contribution in [3.05, 3.63) is 0 Å². The van der Waals surface area contributed by atoms with E-state index in [4.69, 9.17) is 0 Å². The summed E-state index contributed by atoms with van der Waals surface area (Å²) >= 11 is 0. The van der Waals surface area contributed by atoms with Crippen molar-refractivity contribution in [1.29, 1.82) is 0 Å². The molecule has 3 heteroatoms. The van der Waals surface area contributed by atoms with E-state index in [0.717, 1.165) is 0 Å². The highest BCUT2D eigenvalue weighted by Crippen LogP contribution is 2.15. The first kappa shape index (κ1) is 8.40. The lowest BCUT2D eigenvalue weighted by Crippen LogP contribution is -2.30. The van der Waals surface area contributed by atoms with Crippen LogP contribution >= 0.6 is 0 Å². The van der Waals surface area contributed by atoms with Crippen molar-refractivity contribution >= 4 is 5.97 Å². The maximum absolute atomic E-state index is 12.7. The van der Waals surface area contributed by atoms with Crippen LogP contribution < -0.4 is 0 Å². The quantitative estimate of drug-likeness (QED) is 0.532. The molecule has 2 nitrogen and oxygen atoms in total. The Hall–Kier alpha value is -0.600. The molecule has 0 N–H and O–H groups in total. The lowest BCUT2D eigenvalue weighted by atomic mass is 10.1. The Bertz CT molecular complexity index is 110. The predicted molar refractivity (Wildman–Crippen MR) is 31.8 cm³/mol. The van der Waals surface area contributed by atoms with Crippen molar-refractivity contribution in [1.82, 2.24) is 0 Å². The molecule has 1 atom stereocenters. The van der Waals surface area contributed by atoms with E-state index in [1.807, 2.05) is 0 Å². The van der Waals surface area contributed by atoms with Crippen molar-refractivity contribution in [2.24, 2.45) is 0 Å². The van der Waals surface area contributed by atoms with Crippen molar-refractivity contribution in [2.45, 2.75) is 25.9 Å². The summed E-state index contributed by atoms with van der Waals surface area (Å²) in [5.41, 5.74) is -1.81. The van der Waals surface area contributed by atoms with Gasteiger partial charge in [0.25, 0.3) is 0 Å². The van der Waals surface area contributed by atoms with Crippen LogP contribution in [0.5, 0.6) is 0 Å².